The second-order valence-corrected chi connectivity index (χ2v) is 9.11. The number of likely N-dealkylation sites (tertiary alicyclic amines) is 1. The Kier molecular flexibility index (Phi) is 5.55. The van der Waals surface area contributed by atoms with E-state index >= 15 is 0 Å². The van der Waals surface area contributed by atoms with E-state index in [0.29, 0.717) is 25.6 Å². The molecule has 1 unspecified atom stereocenters. The lowest BCUT2D eigenvalue weighted by Crippen LogP contribution is -2.44. The molecule has 8 heteroatoms. The van der Waals surface area contributed by atoms with Crippen LogP contribution in [0.4, 0.5) is 5.82 Å². The van der Waals surface area contributed by atoms with Gasteiger partial charge >= 0.3 is 0 Å². The smallest absolute Gasteiger partial charge is 0.225 e. The monoisotopic (exact) mass is 434 g/mol. The normalized spacial score (nSPS) is 21.6. The number of carbonyl (C=O) groups is 1. The summed E-state index contributed by atoms with van der Waals surface area (Å²) in [6, 6.07) is 6.36. The highest BCUT2D eigenvalue weighted by atomic mass is 16.5. The lowest BCUT2D eigenvalue weighted by molar-refractivity contribution is -0.133. The zero-order valence-electron chi connectivity index (χ0n) is 18.9. The molecule has 1 N–H and O–H groups in total. The van der Waals surface area contributed by atoms with Gasteiger partial charge in [0.25, 0.3) is 0 Å². The number of rotatable bonds is 4. The number of pyridine rings is 1. The highest BCUT2D eigenvalue weighted by molar-refractivity contribution is 5.91. The average molecular weight is 435 g/mol. The summed E-state index contributed by atoms with van der Waals surface area (Å²) in [5.41, 5.74) is 2.80. The third-order valence-electron chi connectivity index (χ3n) is 6.51. The standard InChI is InChI=1S/C24H30N6O2/c1-15(2)24(31)29-9-6-17(13-29)20-12-21(30-10-11-32-14-16(30)3)28-23(27-20)19-5-8-26-22-18(19)4-7-25-22/h4-5,7-8,12,15-17H,6,9-11,13-14H2,1-3H3,(H,25,26)/t16-,17?/m1/s1. The van der Waals surface area contributed by atoms with Gasteiger partial charge in [-0.25, -0.2) is 15.0 Å². The molecule has 0 spiro atoms. The average Bonchev–Trinajstić information content (AvgIpc) is 3.48. The molecular formula is C24H30N6O2. The minimum absolute atomic E-state index is 0.0122. The number of hydrogen-bond acceptors (Lipinski definition) is 6. The Morgan fingerprint density at radius 3 is 2.94 bits per heavy atom. The number of morpholine rings is 1. The summed E-state index contributed by atoms with van der Waals surface area (Å²) in [7, 11) is 0. The van der Waals surface area contributed by atoms with Crippen molar-refractivity contribution in [3.05, 3.63) is 36.3 Å². The van der Waals surface area contributed by atoms with Gasteiger partial charge in [-0.3, -0.25) is 4.79 Å². The zero-order valence-corrected chi connectivity index (χ0v) is 18.9. The Hall–Kier alpha value is -3.00. The highest BCUT2D eigenvalue weighted by Crippen LogP contribution is 2.33. The van der Waals surface area contributed by atoms with Crippen LogP contribution in [0, 0.1) is 5.92 Å². The Morgan fingerprint density at radius 1 is 1.25 bits per heavy atom. The summed E-state index contributed by atoms with van der Waals surface area (Å²) in [5.74, 6) is 2.06. The van der Waals surface area contributed by atoms with Crippen LogP contribution in [0.3, 0.4) is 0 Å². The molecule has 168 valence electrons. The molecule has 5 heterocycles. The maximum atomic E-state index is 12.5. The van der Waals surface area contributed by atoms with Crippen LogP contribution in [0.5, 0.6) is 0 Å². The van der Waals surface area contributed by atoms with Gasteiger partial charge in [-0.15, -0.1) is 0 Å². The molecule has 2 atom stereocenters. The van der Waals surface area contributed by atoms with Gasteiger partial charge in [0.1, 0.15) is 11.5 Å². The number of hydrogen-bond donors (Lipinski definition) is 1. The van der Waals surface area contributed by atoms with E-state index in [0.717, 1.165) is 47.6 Å². The Morgan fingerprint density at radius 2 is 2.12 bits per heavy atom. The molecule has 0 aliphatic carbocycles. The van der Waals surface area contributed by atoms with E-state index in [9.17, 15) is 4.79 Å². The van der Waals surface area contributed by atoms with E-state index in [2.05, 4.69) is 27.9 Å². The molecule has 32 heavy (non-hydrogen) atoms. The Labute approximate surface area is 188 Å². The van der Waals surface area contributed by atoms with Crippen molar-refractivity contribution in [2.75, 3.05) is 37.7 Å². The number of nitrogens with zero attached hydrogens (tertiary/aromatic N) is 5. The first-order valence-corrected chi connectivity index (χ1v) is 11.5. The number of carbonyl (C=O) groups excluding carboxylic acids is 1. The van der Waals surface area contributed by atoms with Gasteiger partial charge in [0.2, 0.25) is 5.91 Å². The van der Waals surface area contributed by atoms with Gasteiger partial charge in [-0.1, -0.05) is 13.8 Å². The summed E-state index contributed by atoms with van der Waals surface area (Å²) >= 11 is 0. The van der Waals surface area contributed by atoms with Crippen molar-refractivity contribution >= 4 is 22.8 Å². The Bertz CT molecular complexity index is 1130. The molecule has 8 nitrogen and oxygen atoms in total. The minimum Gasteiger partial charge on any atom is -0.377 e. The third kappa shape index (κ3) is 3.83. The third-order valence-corrected chi connectivity index (χ3v) is 6.51. The lowest BCUT2D eigenvalue weighted by Gasteiger charge is -2.34. The molecule has 2 saturated heterocycles. The fraction of sp³-hybridized carbons (Fsp3) is 0.500. The van der Waals surface area contributed by atoms with E-state index in [-0.39, 0.29) is 23.8 Å². The second kappa shape index (κ2) is 8.50. The predicted octanol–water partition coefficient (Wildman–Crippen LogP) is 3.22. The molecule has 0 bridgehead atoms. The van der Waals surface area contributed by atoms with Crippen molar-refractivity contribution in [2.45, 2.75) is 39.2 Å². The first-order chi connectivity index (χ1) is 15.5. The van der Waals surface area contributed by atoms with Crippen molar-refractivity contribution in [3.63, 3.8) is 0 Å². The second-order valence-electron chi connectivity index (χ2n) is 9.11. The first kappa shape index (κ1) is 20.9. The molecule has 2 aliphatic heterocycles. The van der Waals surface area contributed by atoms with E-state index in [1.54, 1.807) is 6.20 Å². The number of amides is 1. The van der Waals surface area contributed by atoms with Gasteiger partial charge < -0.3 is 19.5 Å². The molecular weight excluding hydrogens is 404 g/mol. The SMILES string of the molecule is CC(C)C(=O)N1CCC(c2cc(N3CCOC[C@H]3C)nc(-c3ccnc4[nH]ccc34)n2)C1. The van der Waals surface area contributed by atoms with Crippen LogP contribution < -0.4 is 4.90 Å². The van der Waals surface area contributed by atoms with E-state index in [1.807, 2.05) is 37.1 Å². The molecule has 2 fully saturated rings. The van der Waals surface area contributed by atoms with Crippen molar-refractivity contribution in [3.8, 4) is 11.4 Å². The van der Waals surface area contributed by atoms with Crippen LogP contribution in [0.25, 0.3) is 22.4 Å². The number of anilines is 1. The Balaban J connectivity index is 1.56. The molecule has 0 radical (unpaired) electrons. The van der Waals surface area contributed by atoms with Crippen LogP contribution >= 0.6 is 0 Å². The van der Waals surface area contributed by atoms with Crippen molar-refractivity contribution < 1.29 is 9.53 Å². The molecule has 0 saturated carbocycles. The lowest BCUT2D eigenvalue weighted by atomic mass is 10.0. The topological polar surface area (TPSA) is 87.2 Å². The van der Waals surface area contributed by atoms with E-state index < -0.39 is 0 Å². The van der Waals surface area contributed by atoms with Gasteiger partial charge in [0.15, 0.2) is 5.82 Å². The number of H-pyrrole nitrogens is 1. The van der Waals surface area contributed by atoms with Crippen LogP contribution in [0.1, 0.15) is 38.8 Å². The van der Waals surface area contributed by atoms with Crippen molar-refractivity contribution in [1.82, 2.24) is 24.8 Å². The van der Waals surface area contributed by atoms with Crippen LogP contribution in [-0.2, 0) is 9.53 Å². The van der Waals surface area contributed by atoms with Crippen molar-refractivity contribution in [1.29, 1.82) is 0 Å². The number of fused-ring (bicyclic) bond motifs is 1. The van der Waals surface area contributed by atoms with E-state index in [1.165, 1.54) is 0 Å². The first-order valence-electron chi connectivity index (χ1n) is 11.5. The van der Waals surface area contributed by atoms with Gasteiger partial charge in [0.05, 0.1) is 24.9 Å². The van der Waals surface area contributed by atoms with Gasteiger partial charge in [-0.05, 0) is 25.5 Å². The molecule has 0 aromatic carbocycles. The fourth-order valence-corrected chi connectivity index (χ4v) is 4.72. The van der Waals surface area contributed by atoms with Crippen LogP contribution in [0.2, 0.25) is 0 Å². The number of aromatic nitrogens is 4. The largest absolute Gasteiger partial charge is 0.377 e. The number of nitrogens with one attached hydrogen (secondary N) is 1. The predicted molar refractivity (Wildman–Crippen MR) is 124 cm³/mol. The van der Waals surface area contributed by atoms with Gasteiger partial charge in [-0.2, -0.15) is 0 Å². The van der Waals surface area contributed by atoms with E-state index in [4.69, 9.17) is 14.7 Å². The quantitative estimate of drug-likeness (QED) is 0.678. The summed E-state index contributed by atoms with van der Waals surface area (Å²) in [6.07, 6.45) is 4.60. The summed E-state index contributed by atoms with van der Waals surface area (Å²) in [5, 5.41) is 1.01. The fourth-order valence-electron chi connectivity index (χ4n) is 4.72. The molecule has 1 amide bonds. The maximum absolute atomic E-state index is 12.5. The summed E-state index contributed by atoms with van der Waals surface area (Å²) in [6.45, 7) is 9.75. The maximum Gasteiger partial charge on any atom is 0.225 e. The minimum atomic E-state index is 0.0122. The summed E-state index contributed by atoms with van der Waals surface area (Å²) < 4.78 is 5.65. The zero-order chi connectivity index (χ0) is 22.2. The van der Waals surface area contributed by atoms with Crippen LogP contribution in [0.15, 0.2) is 30.6 Å². The van der Waals surface area contributed by atoms with Gasteiger partial charge in [0, 0.05) is 60.9 Å². The number of ether oxygens (including phenoxy) is 1. The molecule has 3 aromatic rings. The molecule has 5 rings (SSSR count). The number of aromatic amines is 1. The van der Waals surface area contributed by atoms with Crippen LogP contribution in [-0.4, -0.2) is 69.6 Å². The molecule has 2 aliphatic rings. The highest BCUT2D eigenvalue weighted by Gasteiger charge is 2.31. The van der Waals surface area contributed by atoms with Crippen molar-refractivity contribution in [2.24, 2.45) is 5.92 Å². The summed E-state index contributed by atoms with van der Waals surface area (Å²) in [4.78, 5) is 34.4. The molecule has 3 aromatic heterocycles.